The van der Waals surface area contributed by atoms with Gasteiger partial charge in [-0.05, 0) is 37.3 Å². The van der Waals surface area contributed by atoms with E-state index in [0.717, 1.165) is 18.2 Å². The van der Waals surface area contributed by atoms with Crippen LogP contribution in [0.3, 0.4) is 0 Å². The van der Waals surface area contributed by atoms with Crippen LogP contribution in [0.15, 0.2) is 67.3 Å². The van der Waals surface area contributed by atoms with Crippen LogP contribution in [0, 0.1) is 28.8 Å². The maximum atomic E-state index is 15.5. The predicted octanol–water partition coefficient (Wildman–Crippen LogP) is 5.11. The molecule has 264 valence electrons. The minimum absolute atomic E-state index is 0.153. The molecule has 2 heterocycles. The third-order valence-corrected chi connectivity index (χ3v) is 8.63. The Balaban J connectivity index is 1.46. The van der Waals surface area contributed by atoms with E-state index >= 15 is 4.39 Å². The van der Waals surface area contributed by atoms with Crippen molar-refractivity contribution >= 4 is 35.9 Å². The minimum Gasteiger partial charge on any atom is -0.481 e. The molecule has 50 heavy (non-hydrogen) atoms. The quantitative estimate of drug-likeness (QED) is 0.125. The molecule has 4 rings (SSSR count). The van der Waals surface area contributed by atoms with Crippen molar-refractivity contribution in [2.75, 3.05) is 20.0 Å². The number of ether oxygens (including phenoxy) is 5. The Hall–Kier alpha value is -5.18. The van der Waals surface area contributed by atoms with E-state index in [0.29, 0.717) is 11.6 Å². The number of carbonyl (C=O) groups excluding carboxylic acids is 2. The number of rotatable bonds is 15. The molecule has 0 saturated carbocycles. The van der Waals surface area contributed by atoms with Gasteiger partial charge in [-0.2, -0.15) is 10.4 Å². The van der Waals surface area contributed by atoms with Crippen LogP contribution in [-0.4, -0.2) is 74.8 Å². The predicted molar refractivity (Wildman–Crippen MR) is 169 cm³/mol. The van der Waals surface area contributed by atoms with Gasteiger partial charge in [0.05, 0.1) is 49.5 Å². The maximum Gasteiger partial charge on any atom is 0.512 e. The summed E-state index contributed by atoms with van der Waals surface area (Å²) in [5.41, 5.74) is -1.63. The normalized spacial score (nSPS) is 17.9. The summed E-state index contributed by atoms with van der Waals surface area (Å²) in [6.07, 6.45) is 5.78. The van der Waals surface area contributed by atoms with E-state index in [1.165, 1.54) is 47.3 Å². The zero-order chi connectivity index (χ0) is 36.1. The van der Waals surface area contributed by atoms with Gasteiger partial charge in [0.15, 0.2) is 11.9 Å². The number of esters is 1. The highest BCUT2D eigenvalue weighted by atomic mass is 32.2. The van der Waals surface area contributed by atoms with Gasteiger partial charge in [0.1, 0.15) is 30.1 Å². The van der Waals surface area contributed by atoms with Crippen LogP contribution >= 0.6 is 11.8 Å². The maximum absolute atomic E-state index is 15.5. The third-order valence-electron chi connectivity index (χ3n) is 7.19. The molecule has 2 aromatic carbocycles. The highest BCUT2D eigenvalue weighted by Crippen LogP contribution is 2.42. The third kappa shape index (κ3) is 10.7. The number of halogens is 3. The van der Waals surface area contributed by atoms with Gasteiger partial charge in [-0.3, -0.25) is 9.59 Å². The van der Waals surface area contributed by atoms with Crippen LogP contribution in [0.4, 0.5) is 18.0 Å². The van der Waals surface area contributed by atoms with Gasteiger partial charge in [-0.25, -0.2) is 27.6 Å². The molecule has 1 saturated heterocycles. The first kappa shape index (κ1) is 37.6. The molecule has 0 spiro atoms. The molecule has 1 aliphatic heterocycles. The summed E-state index contributed by atoms with van der Waals surface area (Å²) in [4.78, 5) is 39.4. The van der Waals surface area contributed by atoms with E-state index < -0.39 is 72.3 Å². The van der Waals surface area contributed by atoms with E-state index in [1.54, 1.807) is 25.2 Å². The fourth-order valence-corrected chi connectivity index (χ4v) is 6.09. The number of benzene rings is 2. The summed E-state index contributed by atoms with van der Waals surface area (Å²) >= 11 is 1.22. The number of hydrogen-bond acceptors (Lipinski definition) is 12. The van der Waals surface area contributed by atoms with E-state index in [4.69, 9.17) is 34.1 Å². The molecule has 3 aromatic rings. The number of carbonyl (C=O) groups is 3. The molecule has 1 fully saturated rings. The van der Waals surface area contributed by atoms with Crippen LogP contribution in [0.1, 0.15) is 36.5 Å². The lowest BCUT2D eigenvalue weighted by Crippen LogP contribution is -2.47. The Morgan fingerprint density at radius 2 is 1.90 bits per heavy atom. The van der Waals surface area contributed by atoms with E-state index in [9.17, 15) is 23.2 Å². The number of hydrogen-bond donors (Lipinski definition) is 1. The van der Waals surface area contributed by atoms with Crippen molar-refractivity contribution in [2.24, 2.45) is 0 Å². The van der Waals surface area contributed by atoms with Crippen LogP contribution in [-0.2, 0) is 45.4 Å². The number of nitriles is 1. The molecule has 2 atom stereocenters. The summed E-state index contributed by atoms with van der Waals surface area (Å²) in [5, 5.41) is 20.5. The largest absolute Gasteiger partial charge is 0.512 e. The Labute approximate surface area is 288 Å². The average Bonchev–Trinajstić information content (AvgIpc) is 3.59. The van der Waals surface area contributed by atoms with Crippen molar-refractivity contribution in [3.8, 4) is 6.07 Å². The second kappa shape index (κ2) is 18.0. The molecule has 1 N–H and O–H groups in total. The number of carboxylic acid groups (broad SMARTS) is 1. The van der Waals surface area contributed by atoms with Gasteiger partial charge >= 0.3 is 18.1 Å². The average molecular weight is 717 g/mol. The fraction of sp³-hybridized carbons (Fsp3) is 0.333. The number of carboxylic acids is 1. The van der Waals surface area contributed by atoms with Crippen molar-refractivity contribution in [3.63, 3.8) is 0 Å². The number of thioether (sulfide) groups is 1. The number of aromatic nitrogens is 3. The Morgan fingerprint density at radius 1 is 1.12 bits per heavy atom. The molecular weight excluding hydrogens is 685 g/mol. The highest BCUT2D eigenvalue weighted by molar-refractivity contribution is 8.00. The van der Waals surface area contributed by atoms with Crippen molar-refractivity contribution in [2.45, 2.75) is 48.7 Å². The zero-order valence-corrected chi connectivity index (χ0v) is 27.3. The van der Waals surface area contributed by atoms with E-state index in [-0.39, 0.29) is 36.1 Å². The first-order valence-electron chi connectivity index (χ1n) is 14.9. The lowest BCUT2D eigenvalue weighted by molar-refractivity contribution is -0.157. The lowest BCUT2D eigenvalue weighted by Gasteiger charge is -2.40. The molecule has 0 unspecified atom stereocenters. The molecule has 0 radical (unpaired) electrons. The molecule has 0 aliphatic carbocycles. The summed E-state index contributed by atoms with van der Waals surface area (Å²) in [7, 11) is 0. The first-order chi connectivity index (χ1) is 24.0. The van der Waals surface area contributed by atoms with Crippen molar-refractivity contribution in [1.82, 2.24) is 14.8 Å². The molecule has 1 aliphatic rings. The van der Waals surface area contributed by atoms with E-state index in [2.05, 4.69) is 10.1 Å². The minimum atomic E-state index is -1.91. The summed E-state index contributed by atoms with van der Waals surface area (Å²) < 4.78 is 72.0. The number of nitrogens with zero attached hydrogens (tertiary/aromatic N) is 4. The topological polar surface area (TPSA) is 172 Å². The number of allylic oxidation sites excluding steroid dienone is 2. The second-order valence-electron chi connectivity index (χ2n) is 10.7. The monoisotopic (exact) mass is 716 g/mol. The van der Waals surface area contributed by atoms with Crippen molar-refractivity contribution < 1.29 is 56.3 Å². The SMILES string of the molecule is C[C@@H](SC1COC(/C=C/C=C/c2ccc(C#N)cc2F)OC1)[C@@](Cn1cncn1)(OC(=O)OCOC(=O)CCC(=O)O)c1ccc(F)cc1F. The van der Waals surface area contributed by atoms with Crippen molar-refractivity contribution in [1.29, 1.82) is 5.26 Å². The van der Waals surface area contributed by atoms with Crippen LogP contribution in [0.2, 0.25) is 0 Å². The van der Waals surface area contributed by atoms with E-state index in [1.807, 2.05) is 6.07 Å². The second-order valence-corrected chi connectivity index (χ2v) is 12.3. The van der Waals surface area contributed by atoms with Crippen molar-refractivity contribution in [3.05, 3.63) is 101 Å². The lowest BCUT2D eigenvalue weighted by atomic mass is 9.89. The molecular formula is C33H31F3N4O9S. The van der Waals surface area contributed by atoms with Crippen LogP contribution < -0.4 is 0 Å². The molecule has 0 amide bonds. The first-order valence-corrected chi connectivity index (χ1v) is 15.9. The Bertz CT molecular complexity index is 1740. The molecule has 17 heteroatoms. The molecule has 1 aromatic heterocycles. The Kier molecular flexibility index (Phi) is 13.5. The van der Waals surface area contributed by atoms with Crippen LogP contribution in [0.5, 0.6) is 0 Å². The van der Waals surface area contributed by atoms with Crippen LogP contribution in [0.25, 0.3) is 6.08 Å². The van der Waals surface area contributed by atoms with Gasteiger partial charge in [0, 0.05) is 22.4 Å². The standard InChI is InChI=1S/C33H31F3N4O9S/c1-21(50-25-15-45-31(46-16-25)5-3-2-4-23-7-6-22(14-37)12-27(23)35)33(17-40-19-38-18-39-40,26-9-8-24(34)13-28(26)36)49-32(44)48-20-47-30(43)11-10-29(41)42/h2-9,12-13,18-19,21,25,31H,10-11,15-17,20H2,1H3,(H,41,42)/b4-2+,5-3+/t21-,25?,31?,33-/m1/s1. The highest BCUT2D eigenvalue weighted by Gasteiger charge is 2.47. The fourth-order valence-electron chi connectivity index (χ4n) is 4.73. The number of aliphatic carboxylic acids is 1. The van der Waals surface area contributed by atoms with Gasteiger partial charge in [-0.15, -0.1) is 11.8 Å². The van der Waals surface area contributed by atoms with Gasteiger partial charge in [0.2, 0.25) is 6.79 Å². The Morgan fingerprint density at radius 3 is 2.56 bits per heavy atom. The van der Waals surface area contributed by atoms with Gasteiger partial charge in [0.25, 0.3) is 0 Å². The smallest absolute Gasteiger partial charge is 0.481 e. The molecule has 0 bridgehead atoms. The molecule has 13 nitrogen and oxygen atoms in total. The van der Waals surface area contributed by atoms with Gasteiger partial charge < -0.3 is 28.8 Å². The summed E-state index contributed by atoms with van der Waals surface area (Å²) in [5.74, 6) is -4.60. The van der Waals surface area contributed by atoms with Gasteiger partial charge in [-0.1, -0.05) is 24.3 Å². The summed E-state index contributed by atoms with van der Waals surface area (Å²) in [6.45, 7) is 0.729. The zero-order valence-electron chi connectivity index (χ0n) is 26.4. The summed E-state index contributed by atoms with van der Waals surface area (Å²) in [6, 6.07) is 8.76.